The summed E-state index contributed by atoms with van der Waals surface area (Å²) in [6.45, 7) is 17.3. The van der Waals surface area contributed by atoms with E-state index in [1.807, 2.05) is 0 Å². The van der Waals surface area contributed by atoms with E-state index in [1.54, 1.807) is 24.0 Å². The highest BCUT2D eigenvalue weighted by molar-refractivity contribution is 7.60. The lowest BCUT2D eigenvalue weighted by atomic mass is 9.44. The number of piperazine rings is 2. The van der Waals surface area contributed by atoms with E-state index in [9.17, 15) is 0 Å². The second kappa shape index (κ2) is 10.7. The molecule has 2 saturated heterocycles. The lowest BCUT2D eigenvalue weighted by Crippen LogP contribution is -2.66. The first-order valence-electron chi connectivity index (χ1n) is 19.4. The van der Waals surface area contributed by atoms with Gasteiger partial charge in [-0.3, -0.25) is 0 Å². The van der Waals surface area contributed by atoms with Crippen LogP contribution in [-0.2, 0) is 11.3 Å². The van der Waals surface area contributed by atoms with Crippen molar-refractivity contribution in [2.45, 2.75) is 138 Å². The molecule has 4 N–H and O–H groups in total. The fourth-order valence-electron chi connectivity index (χ4n) is 16.1. The number of hydrogen-bond donors (Lipinski definition) is 4. The Kier molecular flexibility index (Phi) is 7.42. The highest BCUT2D eigenvalue weighted by atomic mass is 31.1. The summed E-state index contributed by atoms with van der Waals surface area (Å²) < 4.78 is 0. The van der Waals surface area contributed by atoms with Crippen LogP contribution in [0.4, 0.5) is 0 Å². The van der Waals surface area contributed by atoms with E-state index in [0.717, 1.165) is 51.1 Å². The lowest BCUT2D eigenvalue weighted by molar-refractivity contribution is -0.0922. The Labute approximate surface area is 284 Å². The van der Waals surface area contributed by atoms with Gasteiger partial charge in [-0.2, -0.15) is 0 Å². The highest BCUT2D eigenvalue weighted by Gasteiger charge is 2.69. The Morgan fingerprint density at radius 3 is 1.52 bits per heavy atom. The molecule has 10 fully saturated rings. The summed E-state index contributed by atoms with van der Waals surface area (Å²) in [5, 5.41) is 16.7. The van der Waals surface area contributed by atoms with Gasteiger partial charge in [0, 0.05) is 56.5 Å². The van der Waals surface area contributed by atoms with Crippen molar-refractivity contribution >= 4 is 17.2 Å². The van der Waals surface area contributed by atoms with Crippen molar-refractivity contribution in [2.24, 2.45) is 33.5 Å². The third-order valence-corrected chi connectivity index (χ3v) is 20.4. The Hall–Kier alpha value is -0.0800. The third-order valence-electron chi connectivity index (χ3n) is 15.4. The molecule has 2 heterocycles. The van der Waals surface area contributed by atoms with Gasteiger partial charge in [-0.25, -0.2) is 0 Å². The van der Waals surface area contributed by atoms with Crippen molar-refractivity contribution in [3.05, 3.63) is 35.4 Å². The lowest BCUT2D eigenvalue weighted by Gasteiger charge is -2.73. The van der Waals surface area contributed by atoms with Crippen molar-refractivity contribution < 1.29 is 0 Å². The van der Waals surface area contributed by atoms with E-state index < -0.39 is 0 Å². The molecule has 2 aliphatic heterocycles. The fraction of sp³-hybridized carbons (Fsp3) is 0.850. The summed E-state index contributed by atoms with van der Waals surface area (Å²) in [4.78, 5) is 0. The Morgan fingerprint density at radius 1 is 0.652 bits per heavy atom. The van der Waals surface area contributed by atoms with Gasteiger partial charge in [-0.1, -0.05) is 59.9 Å². The molecule has 8 aliphatic carbocycles. The summed E-state index contributed by atoms with van der Waals surface area (Å²) in [5.74, 6) is 1.95. The largest absolute Gasteiger partial charge is 0.314 e. The van der Waals surface area contributed by atoms with Gasteiger partial charge in [0.2, 0.25) is 0 Å². The Bertz CT molecular complexity index is 1240. The van der Waals surface area contributed by atoms with Crippen molar-refractivity contribution in [3.8, 4) is 0 Å². The van der Waals surface area contributed by atoms with Crippen LogP contribution in [0.25, 0.3) is 0 Å². The molecule has 4 nitrogen and oxygen atoms in total. The van der Waals surface area contributed by atoms with Gasteiger partial charge in [0.15, 0.2) is 0 Å². The Morgan fingerprint density at radius 2 is 1.11 bits per heavy atom. The summed E-state index contributed by atoms with van der Waals surface area (Å²) >= 11 is 0. The quantitative estimate of drug-likeness (QED) is 0.231. The molecule has 0 radical (unpaired) electrons. The molecule has 0 spiro atoms. The molecule has 1 aromatic carbocycles. The molecule has 0 amide bonds. The molecule has 10 aliphatic rings. The maximum absolute atomic E-state index is 4.03. The molecule has 254 valence electrons. The van der Waals surface area contributed by atoms with Gasteiger partial charge < -0.3 is 21.3 Å². The molecule has 6 heteroatoms. The van der Waals surface area contributed by atoms with E-state index in [0.29, 0.717) is 44.1 Å². The number of nitrogens with one attached hydrogen (secondary N) is 4. The first kappa shape index (κ1) is 31.9. The number of benzene rings is 1. The fourth-order valence-corrected chi connectivity index (χ4v) is 22.4. The predicted octanol–water partition coefficient (Wildman–Crippen LogP) is 7.36. The van der Waals surface area contributed by atoms with Gasteiger partial charge >= 0.3 is 0 Å². The second-order valence-corrected chi connectivity index (χ2v) is 24.3. The van der Waals surface area contributed by atoms with Gasteiger partial charge in [-0.05, 0) is 138 Å². The molecule has 8 saturated carbocycles. The zero-order chi connectivity index (χ0) is 31.6. The molecule has 1 aromatic rings. The SMILES string of the molecule is CC12CC3CC(C)(C1)CC(P(Cc1ccccc1C(P)(C1CNCCN1)C1CNCCN1)C14CC5CC(C)(CC(C)(C5)C1)C4)(C3)C2. The highest BCUT2D eigenvalue weighted by Crippen LogP contribution is 2.84. The van der Waals surface area contributed by atoms with Crippen molar-refractivity contribution in [3.63, 3.8) is 0 Å². The van der Waals surface area contributed by atoms with E-state index in [4.69, 9.17) is 0 Å². The number of hydrogen-bond acceptors (Lipinski definition) is 4. The zero-order valence-corrected chi connectivity index (χ0v) is 31.6. The normalized spacial score (nSPS) is 51.2. The average Bonchev–Trinajstić information content (AvgIpc) is 2.97. The van der Waals surface area contributed by atoms with Crippen molar-refractivity contribution in [1.29, 1.82) is 0 Å². The van der Waals surface area contributed by atoms with Gasteiger partial charge in [0.25, 0.3) is 0 Å². The summed E-state index contributed by atoms with van der Waals surface area (Å²) in [7, 11) is 3.32. The Balaban J connectivity index is 1.18. The second-order valence-electron chi connectivity index (χ2n) is 20.3. The maximum Gasteiger partial charge on any atom is 0.0429 e. The van der Waals surface area contributed by atoms with E-state index in [-0.39, 0.29) is 13.1 Å². The monoisotopic (exact) mass is 662 g/mol. The zero-order valence-electron chi connectivity index (χ0n) is 29.6. The first-order valence-corrected chi connectivity index (χ1v) is 21.5. The molecule has 46 heavy (non-hydrogen) atoms. The van der Waals surface area contributed by atoms with E-state index >= 15 is 0 Å². The van der Waals surface area contributed by atoms with Crippen LogP contribution in [0.3, 0.4) is 0 Å². The van der Waals surface area contributed by atoms with Crippen molar-refractivity contribution in [1.82, 2.24) is 21.3 Å². The van der Waals surface area contributed by atoms with Crippen LogP contribution < -0.4 is 21.3 Å². The van der Waals surface area contributed by atoms with Crippen LogP contribution in [0.1, 0.15) is 116 Å². The van der Waals surface area contributed by atoms with Crippen molar-refractivity contribution in [2.75, 3.05) is 39.3 Å². The molecule has 11 rings (SSSR count). The van der Waals surface area contributed by atoms with E-state index in [1.165, 1.54) is 70.4 Å². The maximum atomic E-state index is 4.03. The van der Waals surface area contributed by atoms with Crippen LogP contribution in [0.2, 0.25) is 0 Å². The molecular weight excluding hydrogens is 598 g/mol. The van der Waals surface area contributed by atoms with E-state index in [2.05, 4.69) is 82.5 Å². The van der Waals surface area contributed by atoms with Gasteiger partial charge in [0.05, 0.1) is 0 Å². The van der Waals surface area contributed by atoms with Crippen LogP contribution in [0.5, 0.6) is 0 Å². The molecule has 7 unspecified atom stereocenters. The summed E-state index contributed by atoms with van der Waals surface area (Å²) in [6.07, 6.45) is 19.7. The molecule has 8 bridgehead atoms. The summed E-state index contributed by atoms with van der Waals surface area (Å²) in [5.41, 5.74) is 5.63. The van der Waals surface area contributed by atoms with Crippen LogP contribution in [-0.4, -0.2) is 61.7 Å². The smallest absolute Gasteiger partial charge is 0.0429 e. The average molecular weight is 663 g/mol. The minimum absolute atomic E-state index is 0.0582. The first-order chi connectivity index (χ1) is 21.9. The minimum atomic E-state index is -0.192. The predicted molar refractivity (Wildman–Crippen MR) is 198 cm³/mol. The third kappa shape index (κ3) is 5.02. The standard InChI is InChI=1S/C40H64N4P2/c1-34-13-28-14-35(2,22-34)25-38(17-28,24-34)46(39-18-29-15-36(3,26-39)23-37(4,16-29)27-39)21-30-7-5-6-8-31(30)40(45,32-19-41-9-11-43-32)33-20-42-10-12-44-33/h5-8,28-29,32-33,41-44H,9-27,45H2,1-4H3. The van der Waals surface area contributed by atoms with Gasteiger partial charge in [0.1, 0.15) is 0 Å². The topological polar surface area (TPSA) is 48.1 Å². The van der Waals surface area contributed by atoms with Crippen LogP contribution in [0, 0.1) is 33.5 Å². The molecule has 0 aromatic heterocycles. The molecular formula is C40H64N4P2. The van der Waals surface area contributed by atoms with Crippen LogP contribution in [0.15, 0.2) is 24.3 Å². The molecule has 7 atom stereocenters. The summed E-state index contributed by atoms with van der Waals surface area (Å²) in [6, 6.07) is 10.7. The van der Waals surface area contributed by atoms with Crippen LogP contribution >= 0.6 is 17.2 Å². The number of rotatable bonds is 7. The van der Waals surface area contributed by atoms with Gasteiger partial charge in [-0.15, -0.1) is 9.24 Å². The minimum Gasteiger partial charge on any atom is -0.314 e.